The molecule has 0 fully saturated rings. The number of rotatable bonds is 5. The molecule has 0 spiro atoms. The summed E-state index contributed by atoms with van der Waals surface area (Å²) in [5.41, 5.74) is 7.43. The van der Waals surface area contributed by atoms with E-state index in [1.165, 1.54) is 5.56 Å². The Balaban J connectivity index is 2.82. The minimum Gasteiger partial charge on any atom is -0.352 e. The molecule has 1 atom stereocenters. The Labute approximate surface area is 97.0 Å². The molecule has 16 heavy (non-hydrogen) atoms. The second-order valence-electron chi connectivity index (χ2n) is 3.96. The average Bonchev–Trinajstić information content (AvgIpc) is 2.30. The van der Waals surface area contributed by atoms with E-state index in [0.717, 1.165) is 12.0 Å². The van der Waals surface area contributed by atoms with Gasteiger partial charge < -0.3 is 11.1 Å². The highest BCUT2D eigenvalue weighted by atomic mass is 16.1. The van der Waals surface area contributed by atoms with Gasteiger partial charge in [-0.1, -0.05) is 19.1 Å². The first kappa shape index (κ1) is 12.7. The summed E-state index contributed by atoms with van der Waals surface area (Å²) in [5.74, 6) is 0.392. The molecule has 1 unspecified atom stereocenters. The van der Waals surface area contributed by atoms with E-state index in [2.05, 4.69) is 12.2 Å². The van der Waals surface area contributed by atoms with Crippen LogP contribution in [-0.2, 0) is 0 Å². The van der Waals surface area contributed by atoms with Crippen LogP contribution >= 0.6 is 0 Å². The van der Waals surface area contributed by atoms with E-state index >= 15 is 0 Å². The predicted octanol–water partition coefficient (Wildman–Crippen LogP) is 1.89. The van der Waals surface area contributed by atoms with Crippen molar-refractivity contribution in [2.45, 2.75) is 26.2 Å². The smallest absolute Gasteiger partial charge is 0.251 e. The number of carbonyl (C=O) groups is 1. The zero-order chi connectivity index (χ0) is 12.0. The first-order valence-electron chi connectivity index (χ1n) is 5.77. The van der Waals surface area contributed by atoms with E-state index < -0.39 is 0 Å². The average molecular weight is 220 g/mol. The van der Waals surface area contributed by atoms with Crippen molar-refractivity contribution in [1.82, 2.24) is 5.32 Å². The molecule has 88 valence electrons. The standard InChI is InChI=1S/C13H20N2O/c1-3-15-13(16)12-6-4-5-11(9-12)10(2)7-8-14/h4-6,9-10H,3,7-8,14H2,1-2H3,(H,15,16). The van der Waals surface area contributed by atoms with Crippen LogP contribution in [-0.4, -0.2) is 19.0 Å². The van der Waals surface area contributed by atoms with Gasteiger partial charge in [-0.15, -0.1) is 0 Å². The molecule has 0 radical (unpaired) electrons. The lowest BCUT2D eigenvalue weighted by atomic mass is 9.96. The third-order valence-electron chi connectivity index (χ3n) is 2.65. The van der Waals surface area contributed by atoms with Crippen LogP contribution in [0.4, 0.5) is 0 Å². The number of nitrogens with two attached hydrogens (primary N) is 1. The van der Waals surface area contributed by atoms with Gasteiger partial charge in [-0.25, -0.2) is 0 Å². The molecule has 0 saturated carbocycles. The van der Waals surface area contributed by atoms with Crippen LogP contribution in [0.1, 0.15) is 42.1 Å². The van der Waals surface area contributed by atoms with Gasteiger partial charge in [-0.05, 0) is 43.5 Å². The highest BCUT2D eigenvalue weighted by Gasteiger charge is 2.08. The minimum absolute atomic E-state index is 0.00991. The largest absolute Gasteiger partial charge is 0.352 e. The molecule has 1 aromatic carbocycles. The number of benzene rings is 1. The maximum absolute atomic E-state index is 11.6. The first-order valence-corrected chi connectivity index (χ1v) is 5.77. The van der Waals surface area contributed by atoms with Crippen LogP contribution in [0.25, 0.3) is 0 Å². The molecule has 0 aliphatic rings. The number of amides is 1. The number of hydrogen-bond donors (Lipinski definition) is 2. The fourth-order valence-electron chi connectivity index (χ4n) is 1.67. The number of carbonyl (C=O) groups excluding carboxylic acids is 1. The Morgan fingerprint density at radius 3 is 2.88 bits per heavy atom. The molecule has 3 nitrogen and oxygen atoms in total. The molecule has 0 bridgehead atoms. The summed E-state index contributed by atoms with van der Waals surface area (Å²) in [6.07, 6.45) is 0.943. The van der Waals surface area contributed by atoms with Crippen LogP contribution in [0, 0.1) is 0 Å². The van der Waals surface area contributed by atoms with Gasteiger partial charge in [-0.3, -0.25) is 4.79 Å². The van der Waals surface area contributed by atoms with E-state index in [-0.39, 0.29) is 5.91 Å². The van der Waals surface area contributed by atoms with Gasteiger partial charge in [0.05, 0.1) is 0 Å². The van der Waals surface area contributed by atoms with Gasteiger partial charge in [0, 0.05) is 12.1 Å². The number of nitrogens with one attached hydrogen (secondary N) is 1. The summed E-state index contributed by atoms with van der Waals surface area (Å²) in [7, 11) is 0. The second kappa shape index (κ2) is 6.28. The molecule has 3 heteroatoms. The molecule has 1 aromatic rings. The zero-order valence-electron chi connectivity index (χ0n) is 9.99. The van der Waals surface area contributed by atoms with E-state index in [1.54, 1.807) is 0 Å². The highest BCUT2D eigenvalue weighted by Crippen LogP contribution is 2.19. The summed E-state index contributed by atoms with van der Waals surface area (Å²) in [6.45, 7) is 5.37. The summed E-state index contributed by atoms with van der Waals surface area (Å²) in [4.78, 5) is 11.6. The normalized spacial score (nSPS) is 12.2. The van der Waals surface area contributed by atoms with E-state index in [0.29, 0.717) is 19.0 Å². The second-order valence-corrected chi connectivity index (χ2v) is 3.96. The molecule has 0 heterocycles. The van der Waals surface area contributed by atoms with Crippen molar-refractivity contribution in [2.24, 2.45) is 5.73 Å². The quantitative estimate of drug-likeness (QED) is 0.796. The van der Waals surface area contributed by atoms with E-state index in [9.17, 15) is 4.79 Å². The Kier molecular flexibility index (Phi) is 4.99. The van der Waals surface area contributed by atoms with Crippen molar-refractivity contribution >= 4 is 5.91 Å². The van der Waals surface area contributed by atoms with Gasteiger partial charge >= 0.3 is 0 Å². The molecule has 3 N–H and O–H groups in total. The zero-order valence-corrected chi connectivity index (χ0v) is 9.99. The highest BCUT2D eigenvalue weighted by molar-refractivity contribution is 5.94. The predicted molar refractivity (Wildman–Crippen MR) is 66.5 cm³/mol. The third kappa shape index (κ3) is 3.35. The Hall–Kier alpha value is -1.35. The maximum Gasteiger partial charge on any atom is 0.251 e. The minimum atomic E-state index is -0.00991. The van der Waals surface area contributed by atoms with Gasteiger partial charge in [0.1, 0.15) is 0 Å². The first-order chi connectivity index (χ1) is 7.69. The molecular weight excluding hydrogens is 200 g/mol. The van der Waals surface area contributed by atoms with Crippen molar-refractivity contribution < 1.29 is 4.79 Å². The molecular formula is C13H20N2O. The van der Waals surface area contributed by atoms with Crippen molar-refractivity contribution in [2.75, 3.05) is 13.1 Å². The molecule has 0 aliphatic carbocycles. The van der Waals surface area contributed by atoms with Crippen LogP contribution in [0.2, 0.25) is 0 Å². The Bertz CT molecular complexity index is 350. The van der Waals surface area contributed by atoms with Crippen LogP contribution in [0.3, 0.4) is 0 Å². The lowest BCUT2D eigenvalue weighted by Gasteiger charge is -2.11. The van der Waals surface area contributed by atoms with Crippen molar-refractivity contribution in [3.05, 3.63) is 35.4 Å². The van der Waals surface area contributed by atoms with Crippen molar-refractivity contribution in [3.63, 3.8) is 0 Å². The van der Waals surface area contributed by atoms with E-state index in [1.807, 2.05) is 31.2 Å². The Morgan fingerprint density at radius 1 is 1.50 bits per heavy atom. The number of hydrogen-bond acceptors (Lipinski definition) is 2. The lowest BCUT2D eigenvalue weighted by molar-refractivity contribution is 0.0955. The van der Waals surface area contributed by atoms with Crippen molar-refractivity contribution in [3.8, 4) is 0 Å². The Morgan fingerprint density at radius 2 is 2.25 bits per heavy atom. The lowest BCUT2D eigenvalue weighted by Crippen LogP contribution is -2.22. The molecule has 1 rings (SSSR count). The van der Waals surface area contributed by atoms with Crippen molar-refractivity contribution in [1.29, 1.82) is 0 Å². The molecule has 0 aliphatic heterocycles. The van der Waals surface area contributed by atoms with Gasteiger partial charge in [0.25, 0.3) is 5.91 Å². The maximum atomic E-state index is 11.6. The summed E-state index contributed by atoms with van der Waals surface area (Å²) in [6, 6.07) is 7.75. The van der Waals surface area contributed by atoms with Crippen LogP contribution < -0.4 is 11.1 Å². The fraction of sp³-hybridized carbons (Fsp3) is 0.462. The van der Waals surface area contributed by atoms with Gasteiger partial charge in [0.2, 0.25) is 0 Å². The third-order valence-corrected chi connectivity index (χ3v) is 2.65. The molecule has 0 saturated heterocycles. The fourth-order valence-corrected chi connectivity index (χ4v) is 1.67. The topological polar surface area (TPSA) is 55.1 Å². The molecule has 1 amide bonds. The van der Waals surface area contributed by atoms with Crippen LogP contribution in [0.15, 0.2) is 24.3 Å². The van der Waals surface area contributed by atoms with Gasteiger partial charge in [-0.2, -0.15) is 0 Å². The van der Waals surface area contributed by atoms with Crippen LogP contribution in [0.5, 0.6) is 0 Å². The summed E-state index contributed by atoms with van der Waals surface area (Å²) in [5, 5.41) is 2.80. The molecule has 0 aromatic heterocycles. The summed E-state index contributed by atoms with van der Waals surface area (Å²) >= 11 is 0. The summed E-state index contributed by atoms with van der Waals surface area (Å²) < 4.78 is 0. The van der Waals surface area contributed by atoms with E-state index in [4.69, 9.17) is 5.73 Å². The van der Waals surface area contributed by atoms with Gasteiger partial charge in [0.15, 0.2) is 0 Å². The SMILES string of the molecule is CCNC(=O)c1cccc(C(C)CCN)c1. The monoisotopic (exact) mass is 220 g/mol.